The van der Waals surface area contributed by atoms with Crippen molar-refractivity contribution in [2.24, 2.45) is 0 Å². The Morgan fingerprint density at radius 1 is 1.04 bits per heavy atom. The molecular weight excluding hydrogens is 330 g/mol. The molecule has 1 aliphatic heterocycles. The Hall–Kier alpha value is -2.48. The molecule has 0 bridgehead atoms. The van der Waals surface area contributed by atoms with Gasteiger partial charge in [0.15, 0.2) is 0 Å². The van der Waals surface area contributed by atoms with E-state index in [2.05, 4.69) is 72.9 Å². The van der Waals surface area contributed by atoms with Gasteiger partial charge in [0, 0.05) is 24.1 Å². The molecule has 0 fully saturated rings. The van der Waals surface area contributed by atoms with Crippen LogP contribution in [0.25, 0.3) is 0 Å². The van der Waals surface area contributed by atoms with Crippen LogP contribution in [0.2, 0.25) is 0 Å². The third kappa shape index (κ3) is 4.27. The Kier molecular flexibility index (Phi) is 5.62. The fourth-order valence-corrected chi connectivity index (χ4v) is 4.27. The molecule has 1 aliphatic carbocycles. The minimum atomic E-state index is 0.510. The standard InChI is InChI=1S/C25H29NO/c1-2-3-14-23(20-12-8-5-9-13-20)25-16-21-15-22(17-24(21)26-25)27-18-19-10-6-4-7-11-19/h4-13,17,23,25-26H,2-3,14-16,18H2,1H3. The molecule has 0 amide bonds. The average molecular weight is 360 g/mol. The summed E-state index contributed by atoms with van der Waals surface area (Å²) in [7, 11) is 0. The van der Waals surface area contributed by atoms with Gasteiger partial charge in [-0.15, -0.1) is 0 Å². The molecule has 2 nitrogen and oxygen atoms in total. The molecule has 0 aromatic heterocycles. The molecule has 2 unspecified atom stereocenters. The lowest BCUT2D eigenvalue weighted by atomic mass is 9.85. The van der Waals surface area contributed by atoms with Gasteiger partial charge < -0.3 is 10.1 Å². The van der Waals surface area contributed by atoms with Crippen LogP contribution in [-0.2, 0) is 11.3 Å². The largest absolute Gasteiger partial charge is 0.493 e. The smallest absolute Gasteiger partial charge is 0.113 e. The molecule has 2 atom stereocenters. The van der Waals surface area contributed by atoms with Gasteiger partial charge in [-0.2, -0.15) is 0 Å². The van der Waals surface area contributed by atoms with Crippen molar-refractivity contribution >= 4 is 0 Å². The van der Waals surface area contributed by atoms with E-state index in [4.69, 9.17) is 4.74 Å². The number of benzene rings is 2. The fourth-order valence-electron chi connectivity index (χ4n) is 4.27. The summed E-state index contributed by atoms with van der Waals surface area (Å²) < 4.78 is 6.05. The van der Waals surface area contributed by atoms with Crippen molar-refractivity contribution in [3.8, 4) is 0 Å². The third-order valence-corrected chi connectivity index (χ3v) is 5.73. The van der Waals surface area contributed by atoms with E-state index < -0.39 is 0 Å². The number of ether oxygens (including phenoxy) is 1. The quantitative estimate of drug-likeness (QED) is 0.616. The van der Waals surface area contributed by atoms with Crippen molar-refractivity contribution in [2.75, 3.05) is 0 Å². The molecule has 2 heteroatoms. The zero-order valence-corrected chi connectivity index (χ0v) is 16.2. The maximum atomic E-state index is 6.05. The van der Waals surface area contributed by atoms with Gasteiger partial charge in [-0.3, -0.25) is 0 Å². The number of hydrogen-bond donors (Lipinski definition) is 1. The summed E-state index contributed by atoms with van der Waals surface area (Å²) in [6.45, 7) is 2.93. The SMILES string of the molecule is CCCCC(c1ccccc1)C1CC2=C(C=C(OCc3ccccc3)C2)N1. The van der Waals surface area contributed by atoms with E-state index >= 15 is 0 Å². The molecule has 1 N–H and O–H groups in total. The second kappa shape index (κ2) is 8.47. The van der Waals surface area contributed by atoms with E-state index in [1.165, 1.54) is 41.7 Å². The number of allylic oxidation sites excluding steroid dienone is 2. The molecule has 1 heterocycles. The summed E-state index contributed by atoms with van der Waals surface area (Å²) in [5, 5.41) is 3.81. The van der Waals surface area contributed by atoms with E-state index in [1.807, 2.05) is 6.07 Å². The van der Waals surface area contributed by atoms with Gasteiger partial charge in [0.2, 0.25) is 0 Å². The van der Waals surface area contributed by atoms with Crippen LogP contribution in [0.15, 0.2) is 83.8 Å². The summed E-state index contributed by atoms with van der Waals surface area (Å²) in [6, 6.07) is 21.9. The highest BCUT2D eigenvalue weighted by Gasteiger charge is 2.33. The van der Waals surface area contributed by atoms with E-state index in [0.29, 0.717) is 18.6 Å². The van der Waals surface area contributed by atoms with Crippen molar-refractivity contribution in [1.82, 2.24) is 5.32 Å². The monoisotopic (exact) mass is 359 g/mol. The molecule has 0 saturated carbocycles. The summed E-state index contributed by atoms with van der Waals surface area (Å²) in [4.78, 5) is 0. The molecular formula is C25H29NO. The first-order valence-corrected chi connectivity index (χ1v) is 10.2. The maximum Gasteiger partial charge on any atom is 0.113 e. The number of unbranched alkanes of at least 4 members (excludes halogenated alkanes) is 1. The van der Waals surface area contributed by atoms with E-state index in [1.54, 1.807) is 0 Å². The van der Waals surface area contributed by atoms with Gasteiger partial charge in [-0.1, -0.05) is 80.4 Å². The van der Waals surface area contributed by atoms with Gasteiger partial charge in [0.25, 0.3) is 0 Å². The molecule has 140 valence electrons. The highest BCUT2D eigenvalue weighted by atomic mass is 16.5. The van der Waals surface area contributed by atoms with E-state index in [-0.39, 0.29) is 0 Å². The van der Waals surface area contributed by atoms with Crippen molar-refractivity contribution in [2.45, 2.75) is 57.6 Å². The Bertz CT molecular complexity index is 807. The molecule has 27 heavy (non-hydrogen) atoms. The summed E-state index contributed by atoms with van der Waals surface area (Å²) in [6.07, 6.45) is 8.10. The average Bonchev–Trinajstić information content (AvgIpc) is 3.27. The Labute approximate surface area is 163 Å². The van der Waals surface area contributed by atoms with Crippen LogP contribution in [0.3, 0.4) is 0 Å². The normalized spacial score (nSPS) is 19.4. The first-order chi connectivity index (χ1) is 13.3. The second-order valence-corrected chi connectivity index (χ2v) is 7.69. The molecule has 0 spiro atoms. The van der Waals surface area contributed by atoms with E-state index in [0.717, 1.165) is 18.6 Å². The lowest BCUT2D eigenvalue weighted by Crippen LogP contribution is -2.30. The predicted molar refractivity (Wildman–Crippen MR) is 111 cm³/mol. The minimum absolute atomic E-state index is 0.510. The number of hydrogen-bond acceptors (Lipinski definition) is 2. The zero-order chi connectivity index (χ0) is 18.5. The van der Waals surface area contributed by atoms with Crippen LogP contribution in [-0.4, -0.2) is 6.04 Å². The molecule has 2 aromatic rings. The Balaban J connectivity index is 1.38. The van der Waals surface area contributed by atoms with Gasteiger partial charge in [-0.05, 0) is 35.6 Å². The van der Waals surface area contributed by atoms with Gasteiger partial charge in [-0.25, -0.2) is 0 Å². The van der Waals surface area contributed by atoms with Crippen molar-refractivity contribution in [3.63, 3.8) is 0 Å². The van der Waals surface area contributed by atoms with Crippen molar-refractivity contribution < 1.29 is 4.74 Å². The second-order valence-electron chi connectivity index (χ2n) is 7.69. The first kappa shape index (κ1) is 17.9. The highest BCUT2D eigenvalue weighted by Crippen LogP contribution is 2.39. The summed E-state index contributed by atoms with van der Waals surface area (Å²) >= 11 is 0. The number of rotatable bonds is 8. The lowest BCUT2D eigenvalue weighted by Gasteiger charge is -2.26. The summed E-state index contributed by atoms with van der Waals surface area (Å²) in [5.41, 5.74) is 5.51. The van der Waals surface area contributed by atoms with Crippen LogP contribution >= 0.6 is 0 Å². The topological polar surface area (TPSA) is 21.3 Å². The van der Waals surface area contributed by atoms with Gasteiger partial charge in [0.05, 0.1) is 0 Å². The third-order valence-electron chi connectivity index (χ3n) is 5.73. The van der Waals surface area contributed by atoms with Crippen molar-refractivity contribution in [3.05, 3.63) is 94.9 Å². The molecule has 2 aromatic carbocycles. The molecule has 4 rings (SSSR count). The summed E-state index contributed by atoms with van der Waals surface area (Å²) in [5.74, 6) is 1.68. The van der Waals surface area contributed by atoms with Gasteiger partial charge in [0.1, 0.15) is 12.4 Å². The van der Waals surface area contributed by atoms with E-state index in [9.17, 15) is 0 Å². The predicted octanol–water partition coefficient (Wildman–Crippen LogP) is 6.08. The van der Waals surface area contributed by atoms with Crippen LogP contribution in [0, 0.1) is 0 Å². The van der Waals surface area contributed by atoms with Crippen LogP contribution in [0.4, 0.5) is 0 Å². The fraction of sp³-hybridized carbons (Fsp3) is 0.360. The first-order valence-electron chi connectivity index (χ1n) is 10.2. The minimum Gasteiger partial charge on any atom is -0.493 e. The lowest BCUT2D eigenvalue weighted by molar-refractivity contribution is 0.194. The molecule has 0 saturated heterocycles. The van der Waals surface area contributed by atoms with Crippen LogP contribution < -0.4 is 5.32 Å². The molecule has 0 radical (unpaired) electrons. The Morgan fingerprint density at radius 3 is 2.48 bits per heavy atom. The van der Waals surface area contributed by atoms with Crippen molar-refractivity contribution in [1.29, 1.82) is 0 Å². The Morgan fingerprint density at radius 2 is 1.78 bits per heavy atom. The van der Waals surface area contributed by atoms with Crippen LogP contribution in [0.1, 0.15) is 56.1 Å². The molecule has 2 aliphatic rings. The highest BCUT2D eigenvalue weighted by molar-refractivity contribution is 5.41. The maximum absolute atomic E-state index is 6.05. The zero-order valence-electron chi connectivity index (χ0n) is 16.2. The number of nitrogens with one attached hydrogen (secondary N) is 1. The van der Waals surface area contributed by atoms with Gasteiger partial charge >= 0.3 is 0 Å². The van der Waals surface area contributed by atoms with Crippen LogP contribution in [0.5, 0.6) is 0 Å².